The molecule has 1 aromatic carbocycles. The summed E-state index contributed by atoms with van der Waals surface area (Å²) in [4.78, 5) is -0.168. The van der Waals surface area contributed by atoms with Gasteiger partial charge in [-0.15, -0.1) is 0 Å². The quantitative estimate of drug-likeness (QED) is 0.821. The minimum absolute atomic E-state index is 0.0727. The number of hydrogen-bond donors (Lipinski definition) is 2. The van der Waals surface area contributed by atoms with Crippen molar-refractivity contribution in [2.75, 3.05) is 5.73 Å². The Balaban J connectivity index is 2.04. The molecule has 0 radical (unpaired) electrons. The zero-order valence-electron chi connectivity index (χ0n) is 12.3. The van der Waals surface area contributed by atoms with E-state index in [1.54, 1.807) is 0 Å². The third-order valence-corrected chi connectivity index (χ3v) is 5.71. The number of anilines is 1. The van der Waals surface area contributed by atoms with Crippen molar-refractivity contribution in [2.45, 2.75) is 56.4 Å². The summed E-state index contributed by atoms with van der Waals surface area (Å²) in [6, 6.07) is 3.33. The standard InChI is InChI=1S/C15H23FN2O2S/c1-2-3-11-4-7-13(8-5-11)18-21(19,20)15-10-12(16)6-9-14(15)17/h6,9-11,13,18H,2-5,7-8,17H2,1H3. The Bertz CT molecular complexity index is 581. The second-order valence-electron chi connectivity index (χ2n) is 5.81. The zero-order valence-corrected chi connectivity index (χ0v) is 13.1. The molecular formula is C15H23FN2O2S. The molecule has 0 aromatic heterocycles. The predicted molar refractivity (Wildman–Crippen MR) is 81.8 cm³/mol. The van der Waals surface area contributed by atoms with Crippen molar-refractivity contribution in [3.63, 3.8) is 0 Å². The number of nitrogens with one attached hydrogen (secondary N) is 1. The lowest BCUT2D eigenvalue weighted by Crippen LogP contribution is -2.37. The molecule has 0 saturated heterocycles. The van der Waals surface area contributed by atoms with Gasteiger partial charge in [-0.05, 0) is 49.8 Å². The van der Waals surface area contributed by atoms with E-state index in [0.29, 0.717) is 5.92 Å². The second-order valence-corrected chi connectivity index (χ2v) is 7.49. The molecule has 0 amide bonds. The highest BCUT2D eigenvalue weighted by atomic mass is 32.2. The maximum Gasteiger partial charge on any atom is 0.242 e. The number of rotatable bonds is 5. The normalized spacial score (nSPS) is 23.1. The van der Waals surface area contributed by atoms with Gasteiger partial charge in [0.05, 0.1) is 5.69 Å². The van der Waals surface area contributed by atoms with Crippen molar-refractivity contribution in [1.29, 1.82) is 0 Å². The van der Waals surface area contributed by atoms with Gasteiger partial charge in [0.15, 0.2) is 0 Å². The number of benzene rings is 1. The zero-order chi connectivity index (χ0) is 15.5. The number of hydrogen-bond acceptors (Lipinski definition) is 3. The summed E-state index contributed by atoms with van der Waals surface area (Å²) in [7, 11) is -3.76. The highest BCUT2D eigenvalue weighted by Crippen LogP contribution is 2.29. The van der Waals surface area contributed by atoms with Crippen molar-refractivity contribution >= 4 is 15.7 Å². The Labute approximate surface area is 126 Å². The first-order chi connectivity index (χ1) is 9.92. The SMILES string of the molecule is CCCC1CCC(NS(=O)(=O)c2cc(F)ccc2N)CC1. The Kier molecular flexibility index (Phi) is 5.22. The summed E-state index contributed by atoms with van der Waals surface area (Å²) in [5, 5.41) is 0. The van der Waals surface area contributed by atoms with Gasteiger partial charge in [0.25, 0.3) is 0 Å². The average molecular weight is 314 g/mol. The molecule has 0 heterocycles. The van der Waals surface area contributed by atoms with E-state index in [1.165, 1.54) is 18.9 Å². The number of sulfonamides is 1. The average Bonchev–Trinajstić information content (AvgIpc) is 2.43. The Morgan fingerprint density at radius 1 is 1.29 bits per heavy atom. The second kappa shape index (κ2) is 6.75. The van der Waals surface area contributed by atoms with Crippen molar-refractivity contribution < 1.29 is 12.8 Å². The molecule has 1 saturated carbocycles. The molecule has 6 heteroatoms. The lowest BCUT2D eigenvalue weighted by molar-refractivity contribution is 0.297. The van der Waals surface area contributed by atoms with E-state index in [-0.39, 0.29) is 16.6 Å². The van der Waals surface area contributed by atoms with Crippen LogP contribution in [0.25, 0.3) is 0 Å². The van der Waals surface area contributed by atoms with Gasteiger partial charge < -0.3 is 5.73 Å². The molecular weight excluding hydrogens is 291 g/mol. The summed E-state index contributed by atoms with van der Waals surface area (Å²) in [6.07, 6.45) is 6.12. The van der Waals surface area contributed by atoms with Crippen LogP contribution in [0.15, 0.2) is 23.1 Å². The molecule has 0 unspecified atom stereocenters. The Morgan fingerprint density at radius 3 is 2.57 bits per heavy atom. The van der Waals surface area contributed by atoms with E-state index >= 15 is 0 Å². The number of nitrogen functional groups attached to an aromatic ring is 1. The first kappa shape index (κ1) is 16.2. The van der Waals surface area contributed by atoms with Crippen LogP contribution in [0.5, 0.6) is 0 Å². The van der Waals surface area contributed by atoms with Gasteiger partial charge in [-0.25, -0.2) is 17.5 Å². The molecule has 1 fully saturated rings. The van der Waals surface area contributed by atoms with E-state index in [2.05, 4.69) is 11.6 Å². The molecule has 0 spiro atoms. The maximum absolute atomic E-state index is 13.2. The third kappa shape index (κ3) is 4.17. The van der Waals surface area contributed by atoms with E-state index < -0.39 is 15.8 Å². The fourth-order valence-electron chi connectivity index (χ4n) is 3.00. The minimum Gasteiger partial charge on any atom is -0.398 e. The van der Waals surface area contributed by atoms with Crippen molar-refractivity contribution in [3.05, 3.63) is 24.0 Å². The molecule has 0 atom stereocenters. The van der Waals surface area contributed by atoms with Gasteiger partial charge in [-0.3, -0.25) is 0 Å². The predicted octanol–water partition coefficient (Wildman–Crippen LogP) is 3.05. The number of nitrogens with two attached hydrogens (primary N) is 1. The van der Waals surface area contributed by atoms with Crippen LogP contribution < -0.4 is 10.5 Å². The van der Waals surface area contributed by atoms with Crippen molar-refractivity contribution in [3.8, 4) is 0 Å². The van der Waals surface area contributed by atoms with Crippen LogP contribution in [-0.2, 0) is 10.0 Å². The van der Waals surface area contributed by atoms with Crippen molar-refractivity contribution in [1.82, 2.24) is 4.72 Å². The van der Waals surface area contributed by atoms with E-state index in [1.807, 2.05) is 0 Å². The Morgan fingerprint density at radius 2 is 1.95 bits per heavy atom. The van der Waals surface area contributed by atoms with Crippen LogP contribution in [0, 0.1) is 11.7 Å². The topological polar surface area (TPSA) is 72.2 Å². The summed E-state index contributed by atoms with van der Waals surface area (Å²) in [6.45, 7) is 2.17. The molecule has 1 aromatic rings. The van der Waals surface area contributed by atoms with Gasteiger partial charge >= 0.3 is 0 Å². The Hall–Kier alpha value is -1.14. The molecule has 2 rings (SSSR count). The van der Waals surface area contributed by atoms with Gasteiger partial charge in [-0.2, -0.15) is 0 Å². The minimum atomic E-state index is -3.76. The fourth-order valence-corrected chi connectivity index (χ4v) is 4.45. The van der Waals surface area contributed by atoms with Gasteiger partial charge in [0.1, 0.15) is 10.7 Å². The smallest absolute Gasteiger partial charge is 0.242 e. The first-order valence-corrected chi connectivity index (χ1v) is 8.98. The van der Waals surface area contributed by atoms with E-state index in [4.69, 9.17) is 5.73 Å². The van der Waals surface area contributed by atoms with Crippen LogP contribution >= 0.6 is 0 Å². The lowest BCUT2D eigenvalue weighted by Gasteiger charge is -2.28. The van der Waals surface area contributed by atoms with E-state index in [0.717, 1.165) is 37.8 Å². The van der Waals surface area contributed by atoms with Crippen LogP contribution in [0.2, 0.25) is 0 Å². The monoisotopic (exact) mass is 314 g/mol. The first-order valence-electron chi connectivity index (χ1n) is 7.49. The highest BCUT2D eigenvalue weighted by Gasteiger charge is 2.26. The van der Waals surface area contributed by atoms with Crippen LogP contribution in [0.4, 0.5) is 10.1 Å². The molecule has 0 bridgehead atoms. The molecule has 3 N–H and O–H groups in total. The molecule has 118 valence electrons. The van der Waals surface area contributed by atoms with Crippen LogP contribution in [-0.4, -0.2) is 14.5 Å². The fraction of sp³-hybridized carbons (Fsp3) is 0.600. The van der Waals surface area contributed by atoms with Gasteiger partial charge in [0.2, 0.25) is 10.0 Å². The summed E-state index contributed by atoms with van der Waals surface area (Å²) in [5.74, 6) is 0.103. The summed E-state index contributed by atoms with van der Waals surface area (Å²) in [5.41, 5.74) is 5.73. The van der Waals surface area contributed by atoms with E-state index in [9.17, 15) is 12.8 Å². The summed E-state index contributed by atoms with van der Waals surface area (Å²) < 4.78 is 40.6. The molecule has 1 aliphatic rings. The maximum atomic E-state index is 13.2. The van der Waals surface area contributed by atoms with Crippen LogP contribution in [0.1, 0.15) is 45.4 Å². The largest absolute Gasteiger partial charge is 0.398 e. The van der Waals surface area contributed by atoms with Gasteiger partial charge in [0, 0.05) is 6.04 Å². The molecule has 21 heavy (non-hydrogen) atoms. The molecule has 4 nitrogen and oxygen atoms in total. The van der Waals surface area contributed by atoms with Gasteiger partial charge in [-0.1, -0.05) is 19.8 Å². The molecule has 0 aliphatic heterocycles. The van der Waals surface area contributed by atoms with Crippen molar-refractivity contribution in [2.24, 2.45) is 5.92 Å². The highest BCUT2D eigenvalue weighted by molar-refractivity contribution is 7.89. The molecule has 1 aliphatic carbocycles. The van der Waals surface area contributed by atoms with Crippen LogP contribution in [0.3, 0.4) is 0 Å². The number of halogens is 1. The summed E-state index contributed by atoms with van der Waals surface area (Å²) >= 11 is 0. The third-order valence-electron chi connectivity index (χ3n) is 4.13. The lowest BCUT2D eigenvalue weighted by atomic mass is 9.84.